The number of amides is 1. The van der Waals surface area contributed by atoms with Crippen LogP contribution in [0.5, 0.6) is 5.75 Å². The van der Waals surface area contributed by atoms with Gasteiger partial charge in [0.1, 0.15) is 5.75 Å². The van der Waals surface area contributed by atoms with Crippen molar-refractivity contribution in [3.63, 3.8) is 0 Å². The van der Waals surface area contributed by atoms with Crippen molar-refractivity contribution in [1.82, 2.24) is 19.7 Å². The fraction of sp³-hybridized carbons (Fsp3) is 0.471. The van der Waals surface area contributed by atoms with E-state index in [9.17, 15) is 4.79 Å². The number of likely N-dealkylation sites (tertiary alicyclic amines) is 1. The molecule has 4 heterocycles. The van der Waals surface area contributed by atoms with Gasteiger partial charge in [-0.15, -0.1) is 0 Å². The van der Waals surface area contributed by atoms with E-state index in [4.69, 9.17) is 9.47 Å². The SMILES string of the molecule is O=C(c1ccc(N2CCOCC2)cc1)N1CCC[C@@H](COc2ccc(CN3CCN(Cc4cccnc4)CC3)cc2)C1. The van der Waals surface area contributed by atoms with Crippen LogP contribution >= 0.6 is 0 Å². The van der Waals surface area contributed by atoms with Gasteiger partial charge in [-0.3, -0.25) is 19.6 Å². The fourth-order valence-electron chi connectivity index (χ4n) is 6.22. The highest BCUT2D eigenvalue weighted by Gasteiger charge is 2.25. The number of aromatic nitrogens is 1. The lowest BCUT2D eigenvalue weighted by Crippen LogP contribution is -2.45. The number of hydrogen-bond acceptors (Lipinski definition) is 7. The summed E-state index contributed by atoms with van der Waals surface area (Å²) in [7, 11) is 0. The Kier molecular flexibility index (Phi) is 9.64. The Morgan fingerprint density at radius 2 is 1.55 bits per heavy atom. The van der Waals surface area contributed by atoms with Crippen molar-refractivity contribution in [3.8, 4) is 5.75 Å². The van der Waals surface area contributed by atoms with Gasteiger partial charge in [-0.1, -0.05) is 18.2 Å². The molecule has 0 spiro atoms. The van der Waals surface area contributed by atoms with Crippen LogP contribution in [0.1, 0.15) is 34.3 Å². The summed E-state index contributed by atoms with van der Waals surface area (Å²) in [5.74, 6) is 1.37. The topological polar surface area (TPSA) is 61.4 Å². The van der Waals surface area contributed by atoms with Crippen molar-refractivity contribution in [2.45, 2.75) is 25.9 Å². The van der Waals surface area contributed by atoms with Crippen molar-refractivity contribution in [3.05, 3.63) is 89.7 Å². The average molecular weight is 570 g/mol. The molecule has 42 heavy (non-hydrogen) atoms. The molecular weight excluding hydrogens is 526 g/mol. The quantitative estimate of drug-likeness (QED) is 0.384. The van der Waals surface area contributed by atoms with Crippen LogP contribution in [-0.4, -0.2) is 97.8 Å². The van der Waals surface area contributed by atoms with Crippen LogP contribution in [0.2, 0.25) is 0 Å². The lowest BCUT2D eigenvalue weighted by molar-refractivity contribution is 0.0633. The summed E-state index contributed by atoms with van der Waals surface area (Å²) in [5, 5.41) is 0. The van der Waals surface area contributed by atoms with E-state index in [2.05, 4.69) is 62.1 Å². The normalized spacial score (nSPS) is 20.4. The van der Waals surface area contributed by atoms with E-state index in [-0.39, 0.29) is 5.91 Å². The van der Waals surface area contributed by atoms with Gasteiger partial charge in [-0.2, -0.15) is 0 Å². The second kappa shape index (κ2) is 14.1. The third kappa shape index (κ3) is 7.68. The van der Waals surface area contributed by atoms with Crippen molar-refractivity contribution in [2.24, 2.45) is 5.92 Å². The van der Waals surface area contributed by atoms with E-state index in [0.717, 1.165) is 109 Å². The lowest BCUT2D eigenvalue weighted by Gasteiger charge is -2.34. The van der Waals surface area contributed by atoms with Crippen LogP contribution in [0.25, 0.3) is 0 Å². The minimum absolute atomic E-state index is 0.121. The van der Waals surface area contributed by atoms with E-state index in [0.29, 0.717) is 12.5 Å². The minimum Gasteiger partial charge on any atom is -0.493 e. The standard InChI is InChI=1S/C34H43N5O3/c40-34(31-7-9-32(10-8-31)38-19-21-41-22-20-38)39-14-2-4-30(26-39)27-42-33-11-5-28(6-12-33)24-36-15-17-37(18-16-36)25-29-3-1-13-35-23-29/h1,3,5-13,23,30H,2,4,14-22,24-27H2/t30-/m1/s1. The Bertz CT molecular complexity index is 1260. The van der Waals surface area contributed by atoms with Crippen molar-refractivity contribution in [2.75, 3.05) is 77.1 Å². The third-order valence-electron chi connectivity index (χ3n) is 8.71. The van der Waals surface area contributed by atoms with Crippen molar-refractivity contribution in [1.29, 1.82) is 0 Å². The van der Waals surface area contributed by atoms with Gasteiger partial charge in [0.15, 0.2) is 0 Å². The van der Waals surface area contributed by atoms with Gasteiger partial charge in [0.25, 0.3) is 5.91 Å². The molecule has 0 N–H and O–H groups in total. The Labute approximate surface area is 249 Å². The summed E-state index contributed by atoms with van der Waals surface area (Å²) in [6.45, 7) is 11.8. The second-order valence-corrected chi connectivity index (χ2v) is 11.8. The maximum Gasteiger partial charge on any atom is 0.253 e. The minimum atomic E-state index is 0.121. The summed E-state index contributed by atoms with van der Waals surface area (Å²) >= 11 is 0. The number of pyridine rings is 1. The molecule has 0 bridgehead atoms. The van der Waals surface area contributed by atoms with Crippen LogP contribution in [-0.2, 0) is 17.8 Å². The highest BCUT2D eigenvalue weighted by molar-refractivity contribution is 5.94. The summed E-state index contributed by atoms with van der Waals surface area (Å²) in [5.41, 5.74) is 4.52. The van der Waals surface area contributed by atoms with Crippen LogP contribution in [0.15, 0.2) is 73.1 Å². The first-order valence-electron chi connectivity index (χ1n) is 15.5. The number of carbonyl (C=O) groups excluding carboxylic acids is 1. The van der Waals surface area contributed by atoms with Crippen LogP contribution in [0.4, 0.5) is 5.69 Å². The van der Waals surface area contributed by atoms with Gasteiger partial charge in [0.2, 0.25) is 0 Å². The maximum absolute atomic E-state index is 13.3. The number of benzene rings is 2. The molecule has 3 fully saturated rings. The molecule has 3 aliphatic heterocycles. The smallest absolute Gasteiger partial charge is 0.253 e. The van der Waals surface area contributed by atoms with E-state index >= 15 is 0 Å². The zero-order chi connectivity index (χ0) is 28.6. The predicted octanol–water partition coefficient (Wildman–Crippen LogP) is 4.17. The molecule has 6 rings (SSSR count). The Morgan fingerprint density at radius 3 is 2.24 bits per heavy atom. The molecule has 1 aromatic heterocycles. The first kappa shape index (κ1) is 28.6. The van der Waals surface area contributed by atoms with E-state index in [1.54, 1.807) is 0 Å². The van der Waals surface area contributed by atoms with E-state index in [1.165, 1.54) is 11.1 Å². The van der Waals surface area contributed by atoms with Gasteiger partial charge in [-0.25, -0.2) is 0 Å². The molecule has 0 aliphatic carbocycles. The molecule has 2 aromatic carbocycles. The number of piperidine rings is 1. The molecule has 3 saturated heterocycles. The number of rotatable bonds is 9. The lowest BCUT2D eigenvalue weighted by atomic mass is 9.98. The third-order valence-corrected chi connectivity index (χ3v) is 8.71. The number of carbonyl (C=O) groups is 1. The molecule has 222 valence electrons. The summed E-state index contributed by atoms with van der Waals surface area (Å²) in [4.78, 5) is 26.8. The number of hydrogen-bond donors (Lipinski definition) is 0. The number of nitrogens with zero attached hydrogens (tertiary/aromatic N) is 5. The van der Waals surface area contributed by atoms with Crippen molar-refractivity contribution < 1.29 is 14.3 Å². The number of anilines is 1. The summed E-state index contributed by atoms with van der Waals surface area (Å²) in [6, 6.07) is 20.8. The van der Waals surface area contributed by atoms with Gasteiger partial charge in [0.05, 0.1) is 19.8 Å². The number of morpholine rings is 1. The molecular formula is C34H43N5O3. The largest absolute Gasteiger partial charge is 0.493 e. The predicted molar refractivity (Wildman–Crippen MR) is 165 cm³/mol. The highest BCUT2D eigenvalue weighted by Crippen LogP contribution is 2.23. The van der Waals surface area contributed by atoms with E-state index in [1.807, 2.05) is 35.5 Å². The van der Waals surface area contributed by atoms with Gasteiger partial charge < -0.3 is 19.3 Å². The monoisotopic (exact) mass is 569 g/mol. The molecule has 0 radical (unpaired) electrons. The average Bonchev–Trinajstić information content (AvgIpc) is 3.06. The molecule has 1 atom stereocenters. The van der Waals surface area contributed by atoms with Crippen LogP contribution < -0.4 is 9.64 Å². The molecule has 1 amide bonds. The Hall–Kier alpha value is -3.46. The summed E-state index contributed by atoms with van der Waals surface area (Å²) in [6.07, 6.45) is 5.90. The fourth-order valence-corrected chi connectivity index (χ4v) is 6.22. The number of piperazine rings is 1. The Morgan fingerprint density at radius 1 is 0.833 bits per heavy atom. The molecule has 8 heteroatoms. The zero-order valence-electron chi connectivity index (χ0n) is 24.6. The zero-order valence-corrected chi connectivity index (χ0v) is 24.6. The Balaban J connectivity index is 0.928. The van der Waals surface area contributed by atoms with Crippen LogP contribution in [0, 0.1) is 5.92 Å². The van der Waals surface area contributed by atoms with E-state index < -0.39 is 0 Å². The molecule has 8 nitrogen and oxygen atoms in total. The molecule has 3 aliphatic rings. The maximum atomic E-state index is 13.3. The van der Waals surface area contributed by atoms with Crippen LogP contribution in [0.3, 0.4) is 0 Å². The highest BCUT2D eigenvalue weighted by atomic mass is 16.5. The molecule has 3 aromatic rings. The molecule has 0 unspecified atom stereocenters. The first-order chi connectivity index (χ1) is 20.7. The number of ether oxygens (including phenoxy) is 2. The summed E-state index contributed by atoms with van der Waals surface area (Å²) < 4.78 is 11.7. The van der Waals surface area contributed by atoms with Gasteiger partial charge in [0, 0.05) is 95.0 Å². The van der Waals surface area contributed by atoms with Gasteiger partial charge >= 0.3 is 0 Å². The van der Waals surface area contributed by atoms with Gasteiger partial charge in [-0.05, 0) is 66.4 Å². The van der Waals surface area contributed by atoms with Crippen molar-refractivity contribution >= 4 is 11.6 Å². The first-order valence-corrected chi connectivity index (χ1v) is 15.5. The molecule has 0 saturated carbocycles. The second-order valence-electron chi connectivity index (χ2n) is 11.8.